The molecule has 0 unspecified atom stereocenters. The normalized spacial score (nSPS) is 14.4. The SMILES string of the molecule is CS(=O)(=O)c1cc(OCc2cc(C(=O)NC3CC3)c(F)cc2F)ns1. The van der Waals surface area contributed by atoms with Crippen molar-refractivity contribution in [2.24, 2.45) is 0 Å². The Morgan fingerprint density at radius 3 is 2.64 bits per heavy atom. The van der Waals surface area contributed by atoms with Gasteiger partial charge in [0.1, 0.15) is 22.5 Å². The van der Waals surface area contributed by atoms with E-state index in [1.807, 2.05) is 0 Å². The highest BCUT2D eigenvalue weighted by Gasteiger charge is 2.26. The quantitative estimate of drug-likeness (QED) is 0.821. The zero-order valence-corrected chi connectivity index (χ0v) is 14.7. The largest absolute Gasteiger partial charge is 0.472 e. The molecule has 3 rings (SSSR count). The van der Waals surface area contributed by atoms with Gasteiger partial charge in [-0.2, -0.15) is 4.37 Å². The number of benzene rings is 1. The zero-order valence-electron chi connectivity index (χ0n) is 13.1. The minimum absolute atomic E-state index is 0.0122. The number of amides is 1. The standard InChI is InChI=1S/C15H14F2N2O4S2/c1-25(21,22)14-6-13(19-24-14)23-7-8-4-10(12(17)5-11(8)16)15(20)18-9-2-3-9/h4-6,9H,2-3,7H2,1H3,(H,18,20). The maximum absolute atomic E-state index is 13.9. The van der Waals surface area contributed by atoms with Gasteiger partial charge in [-0.1, -0.05) is 0 Å². The Kier molecular flexibility index (Phi) is 4.74. The molecule has 0 radical (unpaired) electrons. The van der Waals surface area contributed by atoms with E-state index >= 15 is 0 Å². The van der Waals surface area contributed by atoms with E-state index in [9.17, 15) is 22.0 Å². The van der Waals surface area contributed by atoms with Crippen LogP contribution < -0.4 is 10.1 Å². The molecule has 1 aliphatic rings. The Morgan fingerprint density at radius 2 is 2.04 bits per heavy atom. The van der Waals surface area contributed by atoms with Crippen molar-refractivity contribution < 1.29 is 26.7 Å². The van der Waals surface area contributed by atoms with Gasteiger partial charge in [0.2, 0.25) is 5.88 Å². The third kappa shape index (κ3) is 4.31. The van der Waals surface area contributed by atoms with Crippen molar-refractivity contribution in [3.05, 3.63) is 41.0 Å². The van der Waals surface area contributed by atoms with Crippen molar-refractivity contribution in [3.8, 4) is 5.88 Å². The molecule has 0 bridgehead atoms. The number of sulfone groups is 1. The van der Waals surface area contributed by atoms with Crippen molar-refractivity contribution in [2.45, 2.75) is 29.7 Å². The molecule has 0 saturated heterocycles. The van der Waals surface area contributed by atoms with Gasteiger partial charge >= 0.3 is 0 Å². The predicted octanol–water partition coefficient (Wildman–Crippen LogP) is 2.30. The monoisotopic (exact) mass is 388 g/mol. The van der Waals surface area contributed by atoms with Crippen LogP contribution in [-0.4, -0.2) is 31.0 Å². The number of aromatic nitrogens is 1. The van der Waals surface area contributed by atoms with Gasteiger partial charge in [0.25, 0.3) is 5.91 Å². The number of carbonyl (C=O) groups excluding carboxylic acids is 1. The minimum atomic E-state index is -3.40. The van der Waals surface area contributed by atoms with E-state index < -0.39 is 27.4 Å². The van der Waals surface area contributed by atoms with E-state index in [1.165, 1.54) is 6.07 Å². The van der Waals surface area contributed by atoms with Crippen LogP contribution in [0.25, 0.3) is 0 Å². The van der Waals surface area contributed by atoms with E-state index in [2.05, 4.69) is 9.69 Å². The molecule has 1 amide bonds. The topological polar surface area (TPSA) is 85.4 Å². The van der Waals surface area contributed by atoms with Gasteiger partial charge in [-0.05, 0) is 30.4 Å². The summed E-state index contributed by atoms with van der Waals surface area (Å²) >= 11 is 0.739. The molecule has 1 N–H and O–H groups in total. The molecule has 1 aliphatic carbocycles. The molecule has 1 aromatic heterocycles. The van der Waals surface area contributed by atoms with E-state index in [-0.39, 0.29) is 33.9 Å². The van der Waals surface area contributed by atoms with E-state index in [0.29, 0.717) is 6.07 Å². The molecule has 1 fully saturated rings. The highest BCUT2D eigenvalue weighted by atomic mass is 32.2. The number of halogens is 2. The predicted molar refractivity (Wildman–Crippen MR) is 86.4 cm³/mol. The van der Waals surface area contributed by atoms with Crippen molar-refractivity contribution >= 4 is 27.3 Å². The molecule has 0 atom stereocenters. The Morgan fingerprint density at radius 1 is 1.32 bits per heavy atom. The van der Waals surface area contributed by atoms with Gasteiger partial charge in [0, 0.05) is 30.0 Å². The fraction of sp³-hybridized carbons (Fsp3) is 0.333. The summed E-state index contributed by atoms with van der Waals surface area (Å²) in [7, 11) is -3.40. The zero-order chi connectivity index (χ0) is 18.2. The highest BCUT2D eigenvalue weighted by molar-refractivity contribution is 7.92. The highest BCUT2D eigenvalue weighted by Crippen LogP contribution is 2.24. The first kappa shape index (κ1) is 17.7. The van der Waals surface area contributed by atoms with Gasteiger partial charge in [0.15, 0.2) is 9.84 Å². The van der Waals surface area contributed by atoms with Crippen molar-refractivity contribution in [2.75, 3.05) is 6.26 Å². The maximum atomic E-state index is 13.9. The van der Waals surface area contributed by atoms with E-state index in [0.717, 1.165) is 36.7 Å². The van der Waals surface area contributed by atoms with Crippen LogP contribution in [0.5, 0.6) is 5.88 Å². The smallest absolute Gasteiger partial charge is 0.254 e. The van der Waals surface area contributed by atoms with Crippen LogP contribution in [0.2, 0.25) is 0 Å². The maximum Gasteiger partial charge on any atom is 0.254 e. The van der Waals surface area contributed by atoms with Crippen LogP contribution in [0.4, 0.5) is 8.78 Å². The molecule has 2 aromatic rings. The van der Waals surface area contributed by atoms with Gasteiger partial charge in [-0.15, -0.1) is 0 Å². The Balaban J connectivity index is 1.75. The number of hydrogen-bond donors (Lipinski definition) is 1. The van der Waals surface area contributed by atoms with E-state index in [4.69, 9.17) is 4.74 Å². The molecular weight excluding hydrogens is 374 g/mol. The number of ether oxygens (including phenoxy) is 1. The lowest BCUT2D eigenvalue weighted by Gasteiger charge is -2.09. The molecule has 10 heteroatoms. The summed E-state index contributed by atoms with van der Waals surface area (Å²) in [6.45, 7) is -0.317. The molecule has 25 heavy (non-hydrogen) atoms. The van der Waals surface area contributed by atoms with Crippen molar-refractivity contribution in [1.29, 1.82) is 0 Å². The van der Waals surface area contributed by atoms with Crippen LogP contribution in [0.1, 0.15) is 28.8 Å². The van der Waals surface area contributed by atoms with E-state index in [1.54, 1.807) is 0 Å². The third-order valence-corrected chi connectivity index (χ3v) is 6.05. The van der Waals surface area contributed by atoms with Gasteiger partial charge < -0.3 is 10.1 Å². The average Bonchev–Trinajstić information content (AvgIpc) is 3.18. The number of nitrogens with one attached hydrogen (secondary N) is 1. The average molecular weight is 388 g/mol. The molecule has 6 nitrogen and oxygen atoms in total. The second-order valence-electron chi connectivity index (χ2n) is 5.72. The lowest BCUT2D eigenvalue weighted by atomic mass is 10.1. The molecule has 0 spiro atoms. The molecule has 0 aliphatic heterocycles. The van der Waals surface area contributed by atoms with Crippen LogP contribution in [-0.2, 0) is 16.4 Å². The number of nitrogens with zero attached hydrogens (tertiary/aromatic N) is 1. The van der Waals surface area contributed by atoms with Crippen LogP contribution in [0.3, 0.4) is 0 Å². The molecule has 1 heterocycles. The Bertz CT molecular complexity index is 924. The van der Waals surface area contributed by atoms with Crippen LogP contribution in [0, 0.1) is 11.6 Å². The Hall–Kier alpha value is -2.07. The van der Waals surface area contributed by atoms with Crippen LogP contribution >= 0.6 is 11.5 Å². The lowest BCUT2D eigenvalue weighted by molar-refractivity contribution is 0.0946. The number of carbonyl (C=O) groups is 1. The summed E-state index contributed by atoms with van der Waals surface area (Å²) in [5.41, 5.74) is -0.293. The summed E-state index contributed by atoms with van der Waals surface area (Å²) in [6.07, 6.45) is 2.72. The number of rotatable bonds is 6. The Labute approximate surface area is 146 Å². The fourth-order valence-corrected chi connectivity index (χ4v) is 3.41. The lowest BCUT2D eigenvalue weighted by Crippen LogP contribution is -2.26. The summed E-state index contributed by atoms with van der Waals surface area (Å²) in [4.78, 5) is 12.0. The fourth-order valence-electron chi connectivity index (χ4n) is 2.01. The summed E-state index contributed by atoms with van der Waals surface area (Å²) in [5, 5.41) is 2.63. The second kappa shape index (κ2) is 6.68. The summed E-state index contributed by atoms with van der Waals surface area (Å²) in [5.74, 6) is -2.40. The van der Waals surface area contributed by atoms with Crippen molar-refractivity contribution in [3.63, 3.8) is 0 Å². The number of hydrogen-bond acceptors (Lipinski definition) is 6. The first-order valence-corrected chi connectivity index (χ1v) is 9.99. The van der Waals surface area contributed by atoms with Gasteiger partial charge in [-0.25, -0.2) is 17.2 Å². The molecule has 1 saturated carbocycles. The molecule has 1 aromatic carbocycles. The molecule has 134 valence electrons. The molecular formula is C15H14F2N2O4S2. The van der Waals surface area contributed by atoms with Crippen LogP contribution in [0.15, 0.2) is 22.4 Å². The summed E-state index contributed by atoms with van der Waals surface area (Å²) < 4.78 is 59.6. The summed E-state index contributed by atoms with van der Waals surface area (Å²) in [6, 6.07) is 2.98. The first-order chi connectivity index (χ1) is 11.7. The van der Waals surface area contributed by atoms with Gasteiger partial charge in [-0.3, -0.25) is 4.79 Å². The first-order valence-electron chi connectivity index (χ1n) is 7.32. The van der Waals surface area contributed by atoms with Gasteiger partial charge in [0.05, 0.1) is 5.56 Å². The van der Waals surface area contributed by atoms with Crippen molar-refractivity contribution in [1.82, 2.24) is 9.69 Å². The minimum Gasteiger partial charge on any atom is -0.472 e. The second-order valence-corrected chi connectivity index (χ2v) is 8.76. The third-order valence-electron chi connectivity index (χ3n) is 3.50.